The molecular weight excluding hydrogens is 296 g/mol. The summed E-state index contributed by atoms with van der Waals surface area (Å²) in [5.74, 6) is -0.828. The molecule has 0 saturated heterocycles. The number of carbonyl (C=O) groups excluding carboxylic acids is 1. The fraction of sp³-hybridized carbons (Fsp3) is 0.308. The van der Waals surface area contributed by atoms with Gasteiger partial charge in [0.15, 0.2) is 4.34 Å². The van der Waals surface area contributed by atoms with Gasteiger partial charge in [-0.05, 0) is 6.92 Å². The molecule has 1 aromatic rings. The lowest BCUT2D eigenvalue weighted by Crippen LogP contribution is -2.32. The number of aromatic carboxylic acids is 1. The number of thioether (sulfide) groups is 1. The molecule has 5 nitrogen and oxygen atoms in total. The molecule has 0 spiro atoms. The number of aromatic nitrogens is 1. The molecule has 0 aromatic carbocycles. The Morgan fingerprint density at radius 3 is 2.45 bits per heavy atom. The zero-order valence-electron chi connectivity index (χ0n) is 11.2. The average molecular weight is 312 g/mol. The number of carboxylic acid groups (broad SMARTS) is 1. The number of amides is 1. The van der Waals surface area contributed by atoms with E-state index < -0.39 is 5.97 Å². The van der Waals surface area contributed by atoms with Gasteiger partial charge in [-0.25, -0.2) is 9.78 Å². The van der Waals surface area contributed by atoms with Gasteiger partial charge in [0.25, 0.3) is 0 Å². The van der Waals surface area contributed by atoms with Crippen LogP contribution in [0.5, 0.6) is 0 Å². The molecule has 7 heteroatoms. The van der Waals surface area contributed by atoms with E-state index in [9.17, 15) is 9.59 Å². The standard InChI is InChI=1S/C13H16N2O3S2/c1-4-6-15(7-5-2)10(16)8-19-13-14-9(3)11(20-13)12(17)18/h4-5H,1-2,6-8H2,3H3,(H,17,18). The lowest BCUT2D eigenvalue weighted by atomic mass is 10.4. The molecule has 0 aliphatic heterocycles. The van der Waals surface area contributed by atoms with Crippen molar-refractivity contribution in [2.45, 2.75) is 11.3 Å². The van der Waals surface area contributed by atoms with Crippen LogP contribution in [0, 0.1) is 6.92 Å². The van der Waals surface area contributed by atoms with E-state index in [-0.39, 0.29) is 16.5 Å². The molecule has 1 N–H and O–H groups in total. The fourth-order valence-electron chi connectivity index (χ4n) is 1.44. The van der Waals surface area contributed by atoms with Crippen LogP contribution >= 0.6 is 23.1 Å². The Labute approximate surface area is 126 Å². The summed E-state index contributed by atoms with van der Waals surface area (Å²) in [5, 5.41) is 8.95. The van der Waals surface area contributed by atoms with Crippen molar-refractivity contribution < 1.29 is 14.7 Å². The zero-order valence-corrected chi connectivity index (χ0v) is 12.8. The number of carboxylic acids is 1. The Morgan fingerprint density at radius 2 is 2.00 bits per heavy atom. The van der Waals surface area contributed by atoms with Crippen molar-refractivity contribution in [1.29, 1.82) is 0 Å². The van der Waals surface area contributed by atoms with Crippen LogP contribution in [-0.2, 0) is 4.79 Å². The minimum Gasteiger partial charge on any atom is -0.477 e. The van der Waals surface area contributed by atoms with E-state index in [4.69, 9.17) is 5.11 Å². The van der Waals surface area contributed by atoms with E-state index in [2.05, 4.69) is 18.1 Å². The van der Waals surface area contributed by atoms with E-state index >= 15 is 0 Å². The van der Waals surface area contributed by atoms with Crippen molar-refractivity contribution in [3.63, 3.8) is 0 Å². The van der Waals surface area contributed by atoms with Crippen LogP contribution in [0.2, 0.25) is 0 Å². The van der Waals surface area contributed by atoms with Gasteiger partial charge in [-0.1, -0.05) is 23.9 Å². The van der Waals surface area contributed by atoms with Gasteiger partial charge in [0.05, 0.1) is 11.4 Å². The molecule has 0 fully saturated rings. The third-order valence-electron chi connectivity index (χ3n) is 2.34. The van der Waals surface area contributed by atoms with Crippen molar-refractivity contribution in [2.75, 3.05) is 18.8 Å². The Morgan fingerprint density at radius 1 is 1.40 bits per heavy atom. The molecule has 1 amide bonds. The number of aryl methyl sites for hydroxylation is 1. The highest BCUT2D eigenvalue weighted by Crippen LogP contribution is 2.27. The molecule has 0 radical (unpaired) electrons. The SMILES string of the molecule is C=CCN(CC=C)C(=O)CSc1nc(C)c(C(=O)O)s1. The molecule has 0 bridgehead atoms. The second-order valence-corrected chi connectivity index (χ2v) is 6.09. The Bertz CT molecular complexity index is 516. The summed E-state index contributed by atoms with van der Waals surface area (Å²) in [6, 6.07) is 0. The maximum Gasteiger partial charge on any atom is 0.347 e. The fourth-order valence-corrected chi connectivity index (χ4v) is 3.37. The van der Waals surface area contributed by atoms with Crippen LogP contribution in [0.25, 0.3) is 0 Å². The first-order valence-electron chi connectivity index (χ1n) is 5.82. The molecule has 0 aliphatic carbocycles. The van der Waals surface area contributed by atoms with E-state index in [0.717, 1.165) is 11.3 Å². The Hall–Kier alpha value is -1.60. The van der Waals surface area contributed by atoms with Crippen molar-refractivity contribution >= 4 is 35.0 Å². The summed E-state index contributed by atoms with van der Waals surface area (Å²) in [6.45, 7) is 9.78. The number of nitrogens with zero attached hydrogens (tertiary/aromatic N) is 2. The van der Waals surface area contributed by atoms with Gasteiger partial charge >= 0.3 is 5.97 Å². The third-order valence-corrected chi connectivity index (χ3v) is 4.62. The summed E-state index contributed by atoms with van der Waals surface area (Å²) >= 11 is 2.33. The summed E-state index contributed by atoms with van der Waals surface area (Å²) in [7, 11) is 0. The lowest BCUT2D eigenvalue weighted by molar-refractivity contribution is -0.127. The predicted molar refractivity (Wildman–Crippen MR) is 81.5 cm³/mol. The van der Waals surface area contributed by atoms with Crippen molar-refractivity contribution in [3.05, 3.63) is 35.9 Å². The molecule has 0 atom stereocenters. The highest BCUT2D eigenvalue weighted by molar-refractivity contribution is 8.01. The van der Waals surface area contributed by atoms with Gasteiger partial charge in [-0.3, -0.25) is 4.79 Å². The largest absolute Gasteiger partial charge is 0.477 e. The minimum absolute atomic E-state index is 0.0560. The van der Waals surface area contributed by atoms with Crippen LogP contribution in [0.4, 0.5) is 0 Å². The molecule has 1 aromatic heterocycles. The quantitative estimate of drug-likeness (QED) is 0.590. The van der Waals surface area contributed by atoms with Gasteiger partial charge in [0.1, 0.15) is 4.88 Å². The predicted octanol–water partition coefficient (Wildman–Crippen LogP) is 2.44. The van der Waals surface area contributed by atoms with Crippen LogP contribution in [0.15, 0.2) is 29.6 Å². The highest BCUT2D eigenvalue weighted by Gasteiger charge is 2.16. The molecule has 0 unspecified atom stereocenters. The number of thiazole rings is 1. The smallest absolute Gasteiger partial charge is 0.347 e. The summed E-state index contributed by atoms with van der Waals surface area (Å²) in [5.41, 5.74) is 0.478. The monoisotopic (exact) mass is 312 g/mol. The topological polar surface area (TPSA) is 70.5 Å². The van der Waals surface area contributed by atoms with Crippen LogP contribution in [0.1, 0.15) is 15.4 Å². The first-order chi connectivity index (χ1) is 9.49. The van der Waals surface area contributed by atoms with Crippen LogP contribution < -0.4 is 0 Å². The summed E-state index contributed by atoms with van der Waals surface area (Å²) < 4.78 is 0.588. The second-order valence-electron chi connectivity index (χ2n) is 3.86. The van der Waals surface area contributed by atoms with Gasteiger partial charge in [-0.15, -0.1) is 24.5 Å². The third kappa shape index (κ3) is 4.50. The van der Waals surface area contributed by atoms with Crippen LogP contribution in [0.3, 0.4) is 0 Å². The molecule has 0 aliphatic rings. The minimum atomic E-state index is -0.988. The van der Waals surface area contributed by atoms with Crippen molar-refractivity contribution in [3.8, 4) is 0 Å². The summed E-state index contributed by atoms with van der Waals surface area (Å²) in [6.07, 6.45) is 3.31. The number of carbonyl (C=O) groups is 2. The molecule has 20 heavy (non-hydrogen) atoms. The normalized spacial score (nSPS) is 10.1. The van der Waals surface area contributed by atoms with Gasteiger partial charge in [0.2, 0.25) is 5.91 Å². The second kappa shape index (κ2) is 7.86. The van der Waals surface area contributed by atoms with Crippen LogP contribution in [-0.4, -0.2) is 45.7 Å². The van der Waals surface area contributed by atoms with E-state index in [1.54, 1.807) is 24.0 Å². The molecule has 1 rings (SSSR count). The van der Waals surface area contributed by atoms with Gasteiger partial charge in [-0.2, -0.15) is 0 Å². The zero-order chi connectivity index (χ0) is 15.1. The van der Waals surface area contributed by atoms with E-state index in [1.165, 1.54) is 11.8 Å². The van der Waals surface area contributed by atoms with Gasteiger partial charge in [0, 0.05) is 13.1 Å². The average Bonchev–Trinajstić information content (AvgIpc) is 2.77. The Balaban J connectivity index is 2.63. The Kier molecular flexibility index (Phi) is 6.47. The number of hydrogen-bond acceptors (Lipinski definition) is 5. The van der Waals surface area contributed by atoms with E-state index in [1.807, 2.05) is 0 Å². The number of hydrogen-bond donors (Lipinski definition) is 1. The number of rotatable bonds is 8. The first-order valence-corrected chi connectivity index (χ1v) is 7.62. The lowest BCUT2D eigenvalue weighted by Gasteiger charge is -2.18. The maximum absolute atomic E-state index is 12.0. The summed E-state index contributed by atoms with van der Waals surface area (Å²) in [4.78, 5) is 28.9. The van der Waals surface area contributed by atoms with Crippen molar-refractivity contribution in [2.24, 2.45) is 0 Å². The van der Waals surface area contributed by atoms with Gasteiger partial charge < -0.3 is 10.0 Å². The molecule has 0 saturated carbocycles. The highest BCUT2D eigenvalue weighted by atomic mass is 32.2. The van der Waals surface area contributed by atoms with Crippen molar-refractivity contribution in [1.82, 2.24) is 9.88 Å². The molecule has 1 heterocycles. The maximum atomic E-state index is 12.0. The van der Waals surface area contributed by atoms with E-state index in [0.29, 0.717) is 23.1 Å². The molecular formula is C13H16N2O3S2. The molecule has 108 valence electrons. The first kappa shape index (κ1) is 16.5.